The maximum atomic E-state index is 13.1. The molecule has 1 aromatic carbocycles. The van der Waals surface area contributed by atoms with E-state index in [1.807, 2.05) is 19.1 Å². The first-order chi connectivity index (χ1) is 10.0. The second-order valence-corrected chi connectivity index (χ2v) is 5.17. The van der Waals surface area contributed by atoms with E-state index in [0.717, 1.165) is 22.4 Å². The molecule has 0 aliphatic rings. The van der Waals surface area contributed by atoms with Gasteiger partial charge in [0.05, 0.1) is 11.7 Å². The van der Waals surface area contributed by atoms with E-state index in [-0.39, 0.29) is 17.6 Å². The number of aryl methyl sites for hydroxylation is 1. The summed E-state index contributed by atoms with van der Waals surface area (Å²) in [6, 6.07) is 8.34. The predicted octanol–water partition coefficient (Wildman–Crippen LogP) is 2.92. The summed E-state index contributed by atoms with van der Waals surface area (Å²) in [4.78, 5) is 15.9. The molecular weight excluding hydrogens is 267 g/mol. The first-order valence-electron chi connectivity index (χ1n) is 6.90. The summed E-state index contributed by atoms with van der Waals surface area (Å²) in [6.07, 6.45) is 2.38. The number of hydrogen-bond acceptors (Lipinski definition) is 3. The minimum atomic E-state index is -0.244. The van der Waals surface area contributed by atoms with Crippen LogP contribution in [0.25, 0.3) is 11.3 Å². The lowest BCUT2D eigenvalue weighted by atomic mass is 10.0. The van der Waals surface area contributed by atoms with Gasteiger partial charge in [0.2, 0.25) is 0 Å². The van der Waals surface area contributed by atoms with Gasteiger partial charge in [0.25, 0.3) is 0 Å². The van der Waals surface area contributed by atoms with E-state index in [4.69, 9.17) is 0 Å². The summed E-state index contributed by atoms with van der Waals surface area (Å²) in [5, 5.41) is 2.99. The van der Waals surface area contributed by atoms with Crippen molar-refractivity contribution in [3.8, 4) is 11.3 Å². The molecule has 0 saturated carbocycles. The smallest absolute Gasteiger partial charge is 0.147 e. The molecule has 4 heteroatoms. The van der Waals surface area contributed by atoms with Crippen molar-refractivity contribution in [2.75, 3.05) is 7.05 Å². The van der Waals surface area contributed by atoms with Crippen molar-refractivity contribution in [2.24, 2.45) is 0 Å². The van der Waals surface area contributed by atoms with Gasteiger partial charge in [-0.2, -0.15) is 0 Å². The molecule has 110 valence electrons. The van der Waals surface area contributed by atoms with Crippen LogP contribution in [-0.2, 0) is 11.2 Å². The Hall–Kier alpha value is -2.07. The number of Topliss-reactive ketones (excluding diaryl/α,β-unsaturated/α-hetero) is 1. The van der Waals surface area contributed by atoms with Crippen molar-refractivity contribution < 1.29 is 9.18 Å². The summed E-state index contributed by atoms with van der Waals surface area (Å²) in [7, 11) is 1.77. The molecule has 0 spiro atoms. The van der Waals surface area contributed by atoms with Crippen molar-refractivity contribution in [2.45, 2.75) is 26.3 Å². The normalized spacial score (nSPS) is 12.2. The van der Waals surface area contributed by atoms with Gasteiger partial charge in [0.15, 0.2) is 0 Å². The lowest BCUT2D eigenvalue weighted by Gasteiger charge is -2.13. The van der Waals surface area contributed by atoms with Gasteiger partial charge in [-0.25, -0.2) is 4.39 Å². The van der Waals surface area contributed by atoms with E-state index < -0.39 is 0 Å². The Morgan fingerprint density at radius 3 is 2.62 bits per heavy atom. The second kappa shape index (κ2) is 6.59. The topological polar surface area (TPSA) is 42.0 Å². The molecule has 1 aromatic heterocycles. The molecule has 0 fully saturated rings. The van der Waals surface area contributed by atoms with Crippen molar-refractivity contribution in [3.63, 3.8) is 0 Å². The molecule has 21 heavy (non-hydrogen) atoms. The third-order valence-corrected chi connectivity index (χ3v) is 3.57. The third-order valence-electron chi connectivity index (χ3n) is 3.57. The fourth-order valence-corrected chi connectivity index (χ4v) is 2.30. The highest BCUT2D eigenvalue weighted by atomic mass is 19.1. The van der Waals surface area contributed by atoms with Crippen LogP contribution < -0.4 is 5.32 Å². The molecule has 2 rings (SSSR count). The standard InChI is InChI=1S/C17H19FN2O/c1-11-8-14(18)5-6-15(11)16-7-4-13(10-20-16)9-17(19-3)12(2)21/h4-8,10,17,19H,9H2,1-3H3/t17-/m0/s1. The molecule has 0 aliphatic heterocycles. The largest absolute Gasteiger partial charge is 0.310 e. The number of rotatable bonds is 5. The number of carbonyl (C=O) groups excluding carboxylic acids is 1. The van der Waals surface area contributed by atoms with Gasteiger partial charge in [0.1, 0.15) is 11.6 Å². The van der Waals surface area contributed by atoms with Gasteiger partial charge >= 0.3 is 0 Å². The van der Waals surface area contributed by atoms with E-state index >= 15 is 0 Å². The van der Waals surface area contributed by atoms with Gasteiger partial charge in [-0.1, -0.05) is 6.07 Å². The van der Waals surface area contributed by atoms with Crippen LogP contribution in [0.5, 0.6) is 0 Å². The Morgan fingerprint density at radius 1 is 1.33 bits per heavy atom. The van der Waals surface area contributed by atoms with E-state index in [0.29, 0.717) is 6.42 Å². The van der Waals surface area contributed by atoms with E-state index in [1.54, 1.807) is 26.2 Å². The highest BCUT2D eigenvalue weighted by molar-refractivity contribution is 5.81. The molecule has 3 nitrogen and oxygen atoms in total. The van der Waals surface area contributed by atoms with Crippen molar-refractivity contribution in [3.05, 3.63) is 53.5 Å². The Labute approximate surface area is 124 Å². The fourth-order valence-electron chi connectivity index (χ4n) is 2.30. The first-order valence-corrected chi connectivity index (χ1v) is 6.90. The minimum absolute atomic E-state index is 0.107. The summed E-state index contributed by atoms with van der Waals surface area (Å²) in [5.74, 6) is -0.137. The summed E-state index contributed by atoms with van der Waals surface area (Å²) in [6.45, 7) is 3.44. The van der Waals surface area contributed by atoms with Gasteiger partial charge < -0.3 is 5.32 Å². The van der Waals surface area contributed by atoms with Crippen LogP contribution in [0, 0.1) is 12.7 Å². The molecule has 0 unspecified atom stereocenters. The summed E-state index contributed by atoms with van der Waals surface area (Å²) in [5.41, 5.74) is 3.57. The number of halogens is 1. The van der Waals surface area contributed by atoms with Crippen molar-refractivity contribution >= 4 is 5.78 Å². The highest BCUT2D eigenvalue weighted by Gasteiger charge is 2.12. The van der Waals surface area contributed by atoms with Crippen molar-refractivity contribution in [1.29, 1.82) is 0 Å². The monoisotopic (exact) mass is 286 g/mol. The van der Waals surface area contributed by atoms with Gasteiger partial charge in [-0.05, 0) is 62.7 Å². The van der Waals surface area contributed by atoms with Gasteiger partial charge in [0, 0.05) is 11.8 Å². The molecule has 0 radical (unpaired) electrons. The average Bonchev–Trinajstić information content (AvgIpc) is 2.45. The minimum Gasteiger partial charge on any atom is -0.310 e. The number of carbonyl (C=O) groups is 1. The maximum absolute atomic E-state index is 13.1. The second-order valence-electron chi connectivity index (χ2n) is 5.17. The summed E-state index contributed by atoms with van der Waals surface area (Å²) >= 11 is 0. The lowest BCUT2D eigenvalue weighted by molar-refractivity contribution is -0.118. The lowest BCUT2D eigenvalue weighted by Crippen LogP contribution is -2.34. The Kier molecular flexibility index (Phi) is 4.81. The zero-order valence-corrected chi connectivity index (χ0v) is 12.5. The number of hydrogen-bond donors (Lipinski definition) is 1. The van der Waals surface area contributed by atoms with Crippen LogP contribution in [0.1, 0.15) is 18.1 Å². The van der Waals surface area contributed by atoms with Crippen LogP contribution >= 0.6 is 0 Å². The van der Waals surface area contributed by atoms with Crippen LogP contribution in [0.3, 0.4) is 0 Å². The fraction of sp³-hybridized carbons (Fsp3) is 0.294. The zero-order chi connectivity index (χ0) is 15.4. The Bertz CT molecular complexity index is 638. The third kappa shape index (κ3) is 3.73. The number of nitrogens with one attached hydrogen (secondary N) is 1. The van der Waals surface area contributed by atoms with Gasteiger partial charge in [-0.15, -0.1) is 0 Å². The highest BCUT2D eigenvalue weighted by Crippen LogP contribution is 2.22. The number of pyridine rings is 1. The van der Waals surface area contributed by atoms with Crippen LogP contribution in [-0.4, -0.2) is 23.9 Å². The van der Waals surface area contributed by atoms with Crippen LogP contribution in [0.2, 0.25) is 0 Å². The summed E-state index contributed by atoms with van der Waals surface area (Å²) < 4.78 is 13.1. The van der Waals surface area contributed by atoms with Crippen LogP contribution in [0.15, 0.2) is 36.5 Å². The molecule has 0 bridgehead atoms. The number of nitrogens with zero attached hydrogens (tertiary/aromatic N) is 1. The molecule has 0 amide bonds. The number of ketones is 1. The Balaban J connectivity index is 2.20. The molecule has 1 heterocycles. The molecule has 0 saturated heterocycles. The zero-order valence-electron chi connectivity index (χ0n) is 12.5. The van der Waals surface area contributed by atoms with E-state index in [1.165, 1.54) is 12.1 Å². The van der Waals surface area contributed by atoms with E-state index in [2.05, 4.69) is 10.3 Å². The molecule has 1 atom stereocenters. The Morgan fingerprint density at radius 2 is 2.10 bits per heavy atom. The maximum Gasteiger partial charge on any atom is 0.147 e. The predicted molar refractivity (Wildman–Crippen MR) is 81.6 cm³/mol. The van der Waals surface area contributed by atoms with Gasteiger partial charge in [-0.3, -0.25) is 9.78 Å². The van der Waals surface area contributed by atoms with Crippen molar-refractivity contribution in [1.82, 2.24) is 10.3 Å². The number of likely N-dealkylation sites (N-methyl/N-ethyl adjacent to an activating group) is 1. The van der Waals surface area contributed by atoms with E-state index in [9.17, 15) is 9.18 Å². The number of aromatic nitrogens is 1. The SMILES string of the molecule is CN[C@@H](Cc1ccc(-c2ccc(F)cc2C)nc1)C(C)=O. The molecule has 1 N–H and O–H groups in total. The molecule has 0 aliphatic carbocycles. The molecular formula is C17H19FN2O. The number of benzene rings is 1. The quantitative estimate of drug-likeness (QED) is 0.919. The molecule has 2 aromatic rings. The van der Waals surface area contributed by atoms with Crippen LogP contribution in [0.4, 0.5) is 4.39 Å². The average molecular weight is 286 g/mol. The first kappa shape index (κ1) is 15.3.